The van der Waals surface area contributed by atoms with Gasteiger partial charge < -0.3 is 0 Å². The molecule has 53 valence electrons. The lowest BCUT2D eigenvalue weighted by molar-refractivity contribution is 1.37. The van der Waals surface area contributed by atoms with Crippen molar-refractivity contribution in [2.24, 2.45) is 0 Å². The van der Waals surface area contributed by atoms with Gasteiger partial charge in [-0.05, 0) is 18.7 Å². The zero-order chi connectivity index (χ0) is 7.40. The van der Waals surface area contributed by atoms with Gasteiger partial charge in [0, 0.05) is 0 Å². The molecule has 1 heteroatoms. The molecule has 1 rings (SSSR count). The molecule has 0 bridgehead atoms. The first-order chi connectivity index (χ1) is 4.84. The first-order valence-corrected chi connectivity index (χ1v) is 4.50. The summed E-state index contributed by atoms with van der Waals surface area (Å²) in [6.45, 7) is 2.14. The molecule has 0 nitrogen and oxygen atoms in total. The predicted octanol–water partition coefficient (Wildman–Crippen LogP) is 2.95. The highest BCUT2D eigenvalue weighted by atomic mass is 32.2. The maximum atomic E-state index is 2.14. The molecule has 0 amide bonds. The Kier molecular flexibility index (Phi) is 2.82. The molecule has 0 aromatic heterocycles. The molecule has 1 radical (unpaired) electrons. The van der Waals surface area contributed by atoms with Gasteiger partial charge >= 0.3 is 0 Å². The molecule has 0 heterocycles. The van der Waals surface area contributed by atoms with Crippen molar-refractivity contribution >= 4 is 11.8 Å². The summed E-state index contributed by atoms with van der Waals surface area (Å²) in [5.41, 5.74) is 1.33. The Morgan fingerprint density at radius 1 is 1.20 bits per heavy atom. The van der Waals surface area contributed by atoms with Crippen LogP contribution in [0.1, 0.15) is 12.5 Å². The maximum Gasteiger partial charge on any atom is 0.0561 e. The van der Waals surface area contributed by atoms with E-state index in [0.717, 1.165) is 0 Å². The lowest BCUT2D eigenvalue weighted by atomic mass is 10.2. The van der Waals surface area contributed by atoms with Crippen molar-refractivity contribution in [1.29, 1.82) is 0 Å². The van der Waals surface area contributed by atoms with Gasteiger partial charge in [0.2, 0.25) is 0 Å². The molecule has 0 aliphatic carbocycles. The normalized spacial score (nSPS) is 10.3. The average molecular weight is 151 g/mol. The van der Waals surface area contributed by atoms with Crippen molar-refractivity contribution in [2.45, 2.75) is 6.92 Å². The monoisotopic (exact) mass is 151 g/mol. The van der Waals surface area contributed by atoms with Gasteiger partial charge in [0.1, 0.15) is 0 Å². The van der Waals surface area contributed by atoms with Crippen LogP contribution in [0.25, 0.3) is 0 Å². The average Bonchev–Trinajstić information content (AvgIpc) is 2.05. The van der Waals surface area contributed by atoms with E-state index >= 15 is 0 Å². The van der Waals surface area contributed by atoms with E-state index < -0.39 is 0 Å². The van der Waals surface area contributed by atoms with Crippen molar-refractivity contribution in [3.8, 4) is 0 Å². The second kappa shape index (κ2) is 3.67. The van der Waals surface area contributed by atoms with E-state index in [0.29, 0.717) is 0 Å². The van der Waals surface area contributed by atoms with Crippen LogP contribution >= 0.6 is 11.8 Å². The molecule has 0 N–H and O–H groups in total. The smallest absolute Gasteiger partial charge is 0.0561 e. The SMILES string of the molecule is CS[C](C)c1ccccc1. The summed E-state index contributed by atoms with van der Waals surface area (Å²) < 4.78 is 0. The fraction of sp³-hybridized carbons (Fsp3) is 0.222. The Hall–Kier alpha value is -0.430. The minimum Gasteiger partial charge on any atom is -0.152 e. The van der Waals surface area contributed by atoms with Crippen molar-refractivity contribution in [3.63, 3.8) is 0 Å². The van der Waals surface area contributed by atoms with Crippen LogP contribution < -0.4 is 0 Å². The number of rotatable bonds is 2. The Balaban J connectivity index is 2.75. The van der Waals surface area contributed by atoms with Crippen molar-refractivity contribution in [1.82, 2.24) is 0 Å². The largest absolute Gasteiger partial charge is 0.152 e. The molecule has 0 aliphatic rings. The summed E-state index contributed by atoms with van der Waals surface area (Å²) in [7, 11) is 0. The molecule has 10 heavy (non-hydrogen) atoms. The van der Waals surface area contributed by atoms with Gasteiger partial charge in [-0.15, -0.1) is 0 Å². The molecular weight excluding hydrogens is 140 g/mol. The van der Waals surface area contributed by atoms with E-state index in [1.165, 1.54) is 10.8 Å². The van der Waals surface area contributed by atoms with Crippen molar-refractivity contribution < 1.29 is 0 Å². The van der Waals surface area contributed by atoms with Gasteiger partial charge in [0.25, 0.3) is 0 Å². The highest BCUT2D eigenvalue weighted by molar-refractivity contribution is 8.01. The second-order valence-corrected chi connectivity index (χ2v) is 3.15. The van der Waals surface area contributed by atoms with Crippen LogP contribution in [0, 0.1) is 5.25 Å². The Morgan fingerprint density at radius 2 is 1.80 bits per heavy atom. The van der Waals surface area contributed by atoms with Crippen LogP contribution in [0.3, 0.4) is 0 Å². The van der Waals surface area contributed by atoms with Crippen LogP contribution in [0.15, 0.2) is 30.3 Å². The number of benzene rings is 1. The molecular formula is C9H11S. The highest BCUT2D eigenvalue weighted by Gasteiger charge is 2.00. The lowest BCUT2D eigenvalue weighted by Crippen LogP contribution is -1.85. The predicted molar refractivity (Wildman–Crippen MR) is 48.0 cm³/mol. The number of hydrogen-bond donors (Lipinski definition) is 0. The quantitative estimate of drug-likeness (QED) is 0.626. The molecule has 1 aromatic rings. The van der Waals surface area contributed by atoms with Crippen molar-refractivity contribution in [2.75, 3.05) is 6.26 Å². The number of thioether (sulfide) groups is 1. The Morgan fingerprint density at radius 3 is 2.30 bits per heavy atom. The molecule has 0 unspecified atom stereocenters. The zero-order valence-corrected chi connectivity index (χ0v) is 7.11. The third kappa shape index (κ3) is 1.77. The summed E-state index contributed by atoms with van der Waals surface area (Å²) in [6, 6.07) is 10.4. The van der Waals surface area contributed by atoms with E-state index in [-0.39, 0.29) is 0 Å². The molecule has 0 fully saturated rings. The van der Waals surface area contributed by atoms with Crippen LogP contribution in [0.5, 0.6) is 0 Å². The topological polar surface area (TPSA) is 0 Å². The molecule has 0 atom stereocenters. The van der Waals surface area contributed by atoms with Crippen molar-refractivity contribution in [3.05, 3.63) is 41.1 Å². The molecule has 0 spiro atoms. The van der Waals surface area contributed by atoms with Crippen LogP contribution in [-0.4, -0.2) is 6.26 Å². The third-order valence-electron chi connectivity index (χ3n) is 1.49. The zero-order valence-electron chi connectivity index (χ0n) is 6.29. The maximum absolute atomic E-state index is 2.14. The van der Waals surface area contributed by atoms with Gasteiger partial charge in [0.05, 0.1) is 5.25 Å². The standard InChI is InChI=1S/C9H11S/c1-8(10-2)9-6-4-3-5-7-9/h3-7H,1-2H3. The van der Waals surface area contributed by atoms with Gasteiger partial charge in [-0.3, -0.25) is 0 Å². The summed E-state index contributed by atoms with van der Waals surface area (Å²) in [5.74, 6) is 0. The fourth-order valence-electron chi connectivity index (χ4n) is 0.791. The minimum atomic E-state index is 1.33. The fourth-order valence-corrected chi connectivity index (χ4v) is 1.16. The van der Waals surface area contributed by atoms with Gasteiger partial charge in [-0.25, -0.2) is 0 Å². The Labute approximate surface area is 66.6 Å². The molecule has 0 aliphatic heterocycles. The minimum absolute atomic E-state index is 1.33. The summed E-state index contributed by atoms with van der Waals surface area (Å²) in [4.78, 5) is 0. The van der Waals surface area contributed by atoms with Gasteiger partial charge in [-0.2, -0.15) is 11.8 Å². The van der Waals surface area contributed by atoms with Gasteiger partial charge in [0.15, 0.2) is 0 Å². The lowest BCUT2D eigenvalue weighted by Gasteiger charge is -2.05. The van der Waals surface area contributed by atoms with E-state index in [4.69, 9.17) is 0 Å². The Bertz CT molecular complexity index is 181. The van der Waals surface area contributed by atoms with Crippen LogP contribution in [-0.2, 0) is 0 Å². The highest BCUT2D eigenvalue weighted by Crippen LogP contribution is 2.23. The summed E-state index contributed by atoms with van der Waals surface area (Å²) >= 11 is 1.79. The number of hydrogen-bond acceptors (Lipinski definition) is 1. The third-order valence-corrected chi connectivity index (χ3v) is 2.33. The van der Waals surface area contributed by atoms with E-state index in [1.807, 2.05) is 6.07 Å². The van der Waals surface area contributed by atoms with Gasteiger partial charge in [-0.1, -0.05) is 30.3 Å². The first kappa shape index (κ1) is 7.67. The molecule has 0 saturated heterocycles. The molecule has 1 aromatic carbocycles. The molecule has 0 saturated carbocycles. The van der Waals surface area contributed by atoms with E-state index in [9.17, 15) is 0 Å². The van der Waals surface area contributed by atoms with E-state index in [1.54, 1.807) is 11.8 Å². The second-order valence-electron chi connectivity index (χ2n) is 2.13. The van der Waals surface area contributed by atoms with Crippen LogP contribution in [0.2, 0.25) is 0 Å². The first-order valence-electron chi connectivity index (χ1n) is 3.27. The summed E-state index contributed by atoms with van der Waals surface area (Å²) in [6.07, 6.45) is 2.10. The summed E-state index contributed by atoms with van der Waals surface area (Å²) in [5, 5.41) is 1.38. The van der Waals surface area contributed by atoms with Crippen LogP contribution in [0.4, 0.5) is 0 Å². The van der Waals surface area contributed by atoms with E-state index in [2.05, 4.69) is 37.4 Å².